The van der Waals surface area contributed by atoms with Crippen LogP contribution in [0.25, 0.3) is 6.08 Å². The molecule has 2 aliphatic heterocycles. The second-order valence-corrected chi connectivity index (χ2v) is 10.3. The number of nitrogen functional groups attached to an aromatic ring is 1. The van der Waals surface area contributed by atoms with Crippen molar-refractivity contribution < 1.29 is 17.9 Å². The van der Waals surface area contributed by atoms with Crippen LogP contribution in [0, 0.1) is 17.8 Å². The van der Waals surface area contributed by atoms with Gasteiger partial charge in [0.1, 0.15) is 5.82 Å². The lowest BCUT2D eigenvalue weighted by Crippen LogP contribution is -2.41. The minimum absolute atomic E-state index is 0.142. The Morgan fingerprint density at radius 2 is 2.00 bits per heavy atom. The van der Waals surface area contributed by atoms with Crippen molar-refractivity contribution in [2.45, 2.75) is 24.5 Å². The second-order valence-electron chi connectivity index (χ2n) is 8.09. The summed E-state index contributed by atoms with van der Waals surface area (Å²) in [6, 6.07) is 3.49. The highest BCUT2D eigenvalue weighted by Crippen LogP contribution is 2.54. The Labute approximate surface area is 171 Å². The van der Waals surface area contributed by atoms with Crippen LogP contribution in [-0.2, 0) is 19.6 Å². The van der Waals surface area contributed by atoms with E-state index in [1.165, 1.54) is 6.08 Å². The molecule has 1 unspecified atom stereocenters. The van der Waals surface area contributed by atoms with Crippen LogP contribution in [0.15, 0.2) is 24.4 Å². The van der Waals surface area contributed by atoms with Crippen LogP contribution in [0.4, 0.5) is 5.82 Å². The van der Waals surface area contributed by atoms with E-state index in [1.807, 2.05) is 0 Å². The molecule has 1 aromatic heterocycles. The summed E-state index contributed by atoms with van der Waals surface area (Å²) in [5, 5.41) is 2.62. The number of hydrogen-bond donors (Lipinski definition) is 2. The van der Waals surface area contributed by atoms with E-state index in [0.717, 1.165) is 12.0 Å². The van der Waals surface area contributed by atoms with E-state index in [2.05, 4.69) is 10.3 Å². The molecule has 1 saturated carbocycles. The molecular weight excluding hydrogens is 392 g/mol. The topological polar surface area (TPSA) is 115 Å². The monoisotopic (exact) mass is 420 g/mol. The number of pyridine rings is 1. The highest BCUT2D eigenvalue weighted by atomic mass is 32.2. The largest absolute Gasteiger partial charge is 0.384 e. The molecule has 9 heteroatoms. The molecular formula is C20H28N4O4S. The summed E-state index contributed by atoms with van der Waals surface area (Å²) in [5.41, 5.74) is 6.35. The number of carbonyl (C=O) groups is 1. The molecule has 3 atom stereocenters. The third kappa shape index (κ3) is 4.62. The number of anilines is 1. The average Bonchev–Trinajstić information content (AvgIpc) is 3.16. The average molecular weight is 421 g/mol. The molecule has 0 aromatic carbocycles. The van der Waals surface area contributed by atoms with Gasteiger partial charge in [-0.15, -0.1) is 0 Å². The van der Waals surface area contributed by atoms with Gasteiger partial charge in [-0.1, -0.05) is 0 Å². The highest BCUT2D eigenvalue weighted by molar-refractivity contribution is 7.89. The first-order chi connectivity index (χ1) is 13.9. The summed E-state index contributed by atoms with van der Waals surface area (Å²) >= 11 is 0. The van der Waals surface area contributed by atoms with Gasteiger partial charge in [0.25, 0.3) is 0 Å². The van der Waals surface area contributed by atoms with E-state index < -0.39 is 10.0 Å². The first kappa shape index (κ1) is 20.3. The molecule has 1 aliphatic carbocycles. The fourth-order valence-electron chi connectivity index (χ4n) is 4.54. The molecule has 2 saturated heterocycles. The number of sulfonamides is 1. The minimum Gasteiger partial charge on any atom is -0.384 e. The zero-order valence-electron chi connectivity index (χ0n) is 16.4. The summed E-state index contributed by atoms with van der Waals surface area (Å²) < 4.78 is 32.5. The van der Waals surface area contributed by atoms with Gasteiger partial charge < -0.3 is 15.8 Å². The number of aromatic nitrogens is 1. The first-order valence-corrected chi connectivity index (χ1v) is 11.7. The molecule has 4 rings (SSSR count). The zero-order chi connectivity index (χ0) is 20.4. The van der Waals surface area contributed by atoms with Crippen molar-refractivity contribution in [3.8, 4) is 0 Å². The van der Waals surface area contributed by atoms with Crippen molar-refractivity contribution in [2.24, 2.45) is 17.8 Å². The molecule has 3 fully saturated rings. The van der Waals surface area contributed by atoms with Crippen molar-refractivity contribution in [3.05, 3.63) is 30.0 Å². The maximum atomic E-state index is 12.8. The molecule has 0 bridgehead atoms. The van der Waals surface area contributed by atoms with Crippen molar-refractivity contribution in [3.63, 3.8) is 0 Å². The fourth-order valence-corrected chi connectivity index (χ4v) is 6.51. The van der Waals surface area contributed by atoms with Crippen LogP contribution in [0.3, 0.4) is 0 Å². The van der Waals surface area contributed by atoms with E-state index in [0.29, 0.717) is 69.3 Å². The summed E-state index contributed by atoms with van der Waals surface area (Å²) in [6.45, 7) is 2.94. The normalized spacial score (nSPS) is 27.8. The van der Waals surface area contributed by atoms with Crippen LogP contribution in [0.5, 0.6) is 0 Å². The Morgan fingerprint density at radius 3 is 2.66 bits per heavy atom. The molecule has 3 aliphatic rings. The number of fused-ring (bicyclic) bond motifs is 1. The third-order valence-electron chi connectivity index (χ3n) is 6.30. The van der Waals surface area contributed by atoms with Gasteiger partial charge in [-0.25, -0.2) is 17.7 Å². The lowest BCUT2D eigenvalue weighted by atomic mass is 10.2. The van der Waals surface area contributed by atoms with Gasteiger partial charge in [0.15, 0.2) is 0 Å². The van der Waals surface area contributed by atoms with Crippen molar-refractivity contribution >= 4 is 27.8 Å². The molecule has 1 amide bonds. The summed E-state index contributed by atoms with van der Waals surface area (Å²) in [5.74, 6) is 1.70. The predicted molar refractivity (Wildman–Crippen MR) is 110 cm³/mol. The molecule has 3 N–H and O–H groups in total. The Kier molecular flexibility index (Phi) is 5.89. The quantitative estimate of drug-likeness (QED) is 0.633. The van der Waals surface area contributed by atoms with Gasteiger partial charge in [-0.05, 0) is 60.8 Å². The molecule has 29 heavy (non-hydrogen) atoms. The Bertz CT molecular complexity index is 853. The fraction of sp³-hybridized carbons (Fsp3) is 0.600. The van der Waals surface area contributed by atoms with Gasteiger partial charge in [0.05, 0.1) is 5.25 Å². The summed E-state index contributed by atoms with van der Waals surface area (Å²) in [6.07, 6.45) is 6.90. The van der Waals surface area contributed by atoms with E-state index in [-0.39, 0.29) is 11.2 Å². The molecule has 0 spiro atoms. The van der Waals surface area contributed by atoms with Crippen molar-refractivity contribution in [1.29, 1.82) is 0 Å². The smallest absolute Gasteiger partial charge is 0.244 e. The SMILES string of the molecule is Nc1ccc(/C=C/C(=O)NCCC2[C@H]3CN(S(=O)(=O)C4CCOCC4)C[C@@H]23)cn1. The maximum Gasteiger partial charge on any atom is 0.244 e. The number of rotatable bonds is 7. The van der Waals surface area contributed by atoms with Crippen molar-refractivity contribution in [1.82, 2.24) is 14.6 Å². The maximum absolute atomic E-state index is 12.8. The third-order valence-corrected chi connectivity index (χ3v) is 8.63. The molecule has 1 aromatic rings. The predicted octanol–water partition coefficient (Wildman–Crippen LogP) is 0.870. The summed E-state index contributed by atoms with van der Waals surface area (Å²) in [7, 11) is -3.20. The molecule has 158 valence electrons. The first-order valence-electron chi connectivity index (χ1n) is 10.2. The number of nitrogens with one attached hydrogen (secondary N) is 1. The molecule has 8 nitrogen and oxygen atoms in total. The lowest BCUT2D eigenvalue weighted by Gasteiger charge is -2.28. The Morgan fingerprint density at radius 1 is 1.28 bits per heavy atom. The number of nitrogens with two attached hydrogens (primary N) is 1. The minimum atomic E-state index is -3.20. The lowest BCUT2D eigenvalue weighted by molar-refractivity contribution is -0.116. The van der Waals surface area contributed by atoms with E-state index >= 15 is 0 Å². The van der Waals surface area contributed by atoms with Crippen molar-refractivity contribution in [2.75, 3.05) is 38.6 Å². The Balaban J connectivity index is 1.17. The number of piperidine rings is 1. The molecule has 0 radical (unpaired) electrons. The highest BCUT2D eigenvalue weighted by Gasteiger charge is 2.57. The van der Waals surface area contributed by atoms with Crippen LogP contribution in [-0.4, -0.2) is 61.7 Å². The van der Waals surface area contributed by atoms with Crippen LogP contribution in [0.2, 0.25) is 0 Å². The number of ether oxygens (including phenoxy) is 1. The van der Waals surface area contributed by atoms with Gasteiger partial charge in [-0.2, -0.15) is 0 Å². The van der Waals surface area contributed by atoms with E-state index in [4.69, 9.17) is 10.5 Å². The second kappa shape index (κ2) is 8.41. The standard InChI is InChI=1S/C20H28N4O4S/c21-19-3-1-14(11-23-19)2-4-20(25)22-8-5-16-17-12-24(13-18(16)17)29(26,27)15-6-9-28-10-7-15/h1-4,11,15-18H,5-10,12-13H2,(H2,21,23)(H,22,25)/b4-2+/t16?,17-,18+. The van der Waals surface area contributed by atoms with Gasteiger partial charge in [-0.3, -0.25) is 4.79 Å². The van der Waals surface area contributed by atoms with E-state index in [1.54, 1.807) is 28.7 Å². The van der Waals surface area contributed by atoms with Gasteiger partial charge in [0, 0.05) is 45.1 Å². The number of carbonyl (C=O) groups excluding carboxylic acids is 1. The van der Waals surface area contributed by atoms with E-state index in [9.17, 15) is 13.2 Å². The molecule has 3 heterocycles. The summed E-state index contributed by atoms with van der Waals surface area (Å²) in [4.78, 5) is 15.9. The van der Waals surface area contributed by atoms with Crippen LogP contribution < -0.4 is 11.1 Å². The number of nitrogens with zero attached hydrogens (tertiary/aromatic N) is 2. The number of hydrogen-bond acceptors (Lipinski definition) is 6. The Hall–Kier alpha value is -1.97. The number of amides is 1. The van der Waals surface area contributed by atoms with Crippen LogP contribution in [0.1, 0.15) is 24.8 Å². The van der Waals surface area contributed by atoms with Crippen LogP contribution >= 0.6 is 0 Å². The zero-order valence-corrected chi connectivity index (χ0v) is 17.2. The van der Waals surface area contributed by atoms with Gasteiger partial charge in [0.2, 0.25) is 15.9 Å². The van der Waals surface area contributed by atoms with Gasteiger partial charge >= 0.3 is 0 Å².